The van der Waals surface area contributed by atoms with Crippen LogP contribution in [0.2, 0.25) is 0 Å². The number of benzene rings is 1. The molecule has 2 heterocycles. The normalized spacial score (nSPS) is 27.9. The summed E-state index contributed by atoms with van der Waals surface area (Å²) in [6, 6.07) is 4.00. The Morgan fingerprint density at radius 1 is 1.10 bits per heavy atom. The highest BCUT2D eigenvalue weighted by Crippen LogP contribution is 2.22. The average Bonchev–Trinajstić information content (AvgIpc) is 2.98. The van der Waals surface area contributed by atoms with Crippen molar-refractivity contribution in [3.05, 3.63) is 35.4 Å². The molecule has 2 aliphatic rings. The van der Waals surface area contributed by atoms with Gasteiger partial charge in [0.05, 0.1) is 18.8 Å². The first-order valence-corrected chi connectivity index (χ1v) is 7.12. The van der Waals surface area contributed by atoms with Gasteiger partial charge in [0, 0.05) is 31.8 Å². The Balaban J connectivity index is 1.65. The second-order valence-electron chi connectivity index (χ2n) is 5.40. The molecule has 3 nitrogen and oxygen atoms in total. The SMILES string of the molecule is Fc1cccc(F)c1CN1CCO[C@H]([C@@H]2CCCO2)C1. The van der Waals surface area contributed by atoms with E-state index < -0.39 is 11.6 Å². The van der Waals surface area contributed by atoms with Gasteiger partial charge in [-0.1, -0.05) is 6.07 Å². The largest absolute Gasteiger partial charge is 0.375 e. The fourth-order valence-electron chi connectivity index (χ4n) is 2.90. The number of ether oxygens (including phenoxy) is 2. The van der Waals surface area contributed by atoms with Crippen molar-refractivity contribution in [1.82, 2.24) is 4.90 Å². The van der Waals surface area contributed by atoms with Crippen LogP contribution < -0.4 is 0 Å². The highest BCUT2D eigenvalue weighted by Gasteiger charge is 2.31. The maximum absolute atomic E-state index is 13.7. The molecule has 20 heavy (non-hydrogen) atoms. The standard InChI is InChI=1S/C15H19F2NO2/c16-12-3-1-4-13(17)11(12)9-18-6-8-20-15(10-18)14-5-2-7-19-14/h1,3-4,14-15H,2,5-10H2/t14-,15-/m0/s1. The van der Waals surface area contributed by atoms with Crippen molar-refractivity contribution >= 4 is 0 Å². The summed E-state index contributed by atoms with van der Waals surface area (Å²) in [6.45, 7) is 3.01. The van der Waals surface area contributed by atoms with Crippen molar-refractivity contribution in [3.8, 4) is 0 Å². The van der Waals surface area contributed by atoms with Crippen LogP contribution in [0.1, 0.15) is 18.4 Å². The van der Waals surface area contributed by atoms with E-state index in [-0.39, 0.29) is 24.3 Å². The van der Waals surface area contributed by atoms with Crippen molar-refractivity contribution in [2.75, 3.05) is 26.3 Å². The Bertz CT molecular complexity index is 443. The van der Waals surface area contributed by atoms with Crippen LogP contribution in [0.3, 0.4) is 0 Å². The van der Waals surface area contributed by atoms with E-state index in [4.69, 9.17) is 9.47 Å². The summed E-state index contributed by atoms with van der Waals surface area (Å²) in [5.41, 5.74) is 0.139. The Morgan fingerprint density at radius 2 is 1.85 bits per heavy atom. The fraction of sp³-hybridized carbons (Fsp3) is 0.600. The van der Waals surface area contributed by atoms with Crippen LogP contribution in [0.25, 0.3) is 0 Å². The maximum atomic E-state index is 13.7. The highest BCUT2D eigenvalue weighted by atomic mass is 19.1. The van der Waals surface area contributed by atoms with E-state index in [1.807, 2.05) is 4.90 Å². The van der Waals surface area contributed by atoms with Gasteiger partial charge in [0.25, 0.3) is 0 Å². The topological polar surface area (TPSA) is 21.7 Å². The molecule has 2 saturated heterocycles. The van der Waals surface area contributed by atoms with Crippen LogP contribution in [0.15, 0.2) is 18.2 Å². The van der Waals surface area contributed by atoms with Gasteiger partial charge in [0.2, 0.25) is 0 Å². The first-order valence-electron chi connectivity index (χ1n) is 7.12. The van der Waals surface area contributed by atoms with Gasteiger partial charge in [0.1, 0.15) is 11.6 Å². The first-order chi connectivity index (χ1) is 9.74. The van der Waals surface area contributed by atoms with Crippen molar-refractivity contribution in [2.24, 2.45) is 0 Å². The molecule has 0 aromatic heterocycles. The van der Waals surface area contributed by atoms with E-state index in [1.165, 1.54) is 18.2 Å². The molecule has 0 N–H and O–H groups in total. The number of hydrogen-bond donors (Lipinski definition) is 0. The van der Waals surface area contributed by atoms with Gasteiger partial charge >= 0.3 is 0 Å². The molecule has 0 amide bonds. The van der Waals surface area contributed by atoms with Crippen LogP contribution in [0.5, 0.6) is 0 Å². The lowest BCUT2D eigenvalue weighted by Crippen LogP contribution is -2.47. The van der Waals surface area contributed by atoms with Gasteiger partial charge in [-0.15, -0.1) is 0 Å². The molecule has 0 saturated carbocycles. The number of halogens is 2. The Morgan fingerprint density at radius 3 is 2.55 bits per heavy atom. The van der Waals surface area contributed by atoms with Crippen LogP contribution in [-0.2, 0) is 16.0 Å². The molecule has 110 valence electrons. The summed E-state index contributed by atoms with van der Waals surface area (Å²) in [5, 5.41) is 0. The van der Waals surface area contributed by atoms with Crippen molar-refractivity contribution in [2.45, 2.75) is 31.6 Å². The van der Waals surface area contributed by atoms with Gasteiger partial charge in [-0.25, -0.2) is 8.78 Å². The summed E-state index contributed by atoms with van der Waals surface area (Å²) < 4.78 is 38.7. The monoisotopic (exact) mass is 283 g/mol. The van der Waals surface area contributed by atoms with E-state index in [0.29, 0.717) is 19.7 Å². The summed E-state index contributed by atoms with van der Waals surface area (Å²) in [4.78, 5) is 2.04. The van der Waals surface area contributed by atoms with Gasteiger partial charge in [-0.3, -0.25) is 4.90 Å². The smallest absolute Gasteiger partial charge is 0.130 e. The van der Waals surface area contributed by atoms with E-state index in [1.54, 1.807) is 0 Å². The van der Waals surface area contributed by atoms with E-state index in [0.717, 1.165) is 19.4 Å². The van der Waals surface area contributed by atoms with Gasteiger partial charge in [-0.05, 0) is 25.0 Å². The van der Waals surface area contributed by atoms with Gasteiger partial charge in [0.15, 0.2) is 0 Å². The zero-order valence-corrected chi connectivity index (χ0v) is 11.4. The number of hydrogen-bond acceptors (Lipinski definition) is 3. The van der Waals surface area contributed by atoms with Crippen molar-refractivity contribution < 1.29 is 18.3 Å². The van der Waals surface area contributed by atoms with Gasteiger partial charge < -0.3 is 9.47 Å². The number of morpholine rings is 1. The molecule has 2 atom stereocenters. The molecule has 3 rings (SSSR count). The second kappa shape index (κ2) is 6.16. The molecule has 1 aromatic rings. The minimum Gasteiger partial charge on any atom is -0.375 e. The molecule has 0 bridgehead atoms. The molecule has 2 aliphatic heterocycles. The predicted octanol–water partition coefficient (Wildman–Crippen LogP) is 2.34. The molecule has 0 spiro atoms. The summed E-state index contributed by atoms with van der Waals surface area (Å²) >= 11 is 0. The third kappa shape index (κ3) is 3.00. The average molecular weight is 283 g/mol. The van der Waals surface area contributed by atoms with Gasteiger partial charge in [-0.2, -0.15) is 0 Å². The van der Waals surface area contributed by atoms with E-state index in [9.17, 15) is 8.78 Å². The third-order valence-electron chi connectivity index (χ3n) is 4.00. The maximum Gasteiger partial charge on any atom is 0.130 e. The zero-order valence-electron chi connectivity index (χ0n) is 11.4. The fourth-order valence-corrected chi connectivity index (χ4v) is 2.90. The molecule has 0 aliphatic carbocycles. The van der Waals surface area contributed by atoms with Crippen LogP contribution >= 0.6 is 0 Å². The lowest BCUT2D eigenvalue weighted by molar-refractivity contribution is -0.0962. The van der Waals surface area contributed by atoms with Crippen molar-refractivity contribution in [3.63, 3.8) is 0 Å². The minimum absolute atomic E-state index is 0.0149. The first kappa shape index (κ1) is 13.9. The minimum atomic E-state index is -0.481. The van der Waals surface area contributed by atoms with Crippen LogP contribution in [0.4, 0.5) is 8.78 Å². The third-order valence-corrected chi connectivity index (χ3v) is 4.00. The Kier molecular flexibility index (Phi) is 4.29. The van der Waals surface area contributed by atoms with E-state index >= 15 is 0 Å². The summed E-state index contributed by atoms with van der Waals surface area (Å²) in [6.07, 6.45) is 2.21. The van der Waals surface area contributed by atoms with E-state index in [2.05, 4.69) is 0 Å². The molecule has 0 unspecified atom stereocenters. The van der Waals surface area contributed by atoms with Crippen LogP contribution in [0, 0.1) is 11.6 Å². The zero-order chi connectivity index (χ0) is 13.9. The number of rotatable bonds is 3. The van der Waals surface area contributed by atoms with Crippen molar-refractivity contribution in [1.29, 1.82) is 0 Å². The lowest BCUT2D eigenvalue weighted by atomic mass is 10.1. The molecular formula is C15H19F2NO2. The van der Waals surface area contributed by atoms with Crippen LogP contribution in [-0.4, -0.2) is 43.4 Å². The summed E-state index contributed by atoms with van der Waals surface area (Å²) in [5.74, 6) is -0.963. The number of nitrogens with zero attached hydrogens (tertiary/aromatic N) is 1. The molecule has 2 fully saturated rings. The predicted molar refractivity (Wildman–Crippen MR) is 70.3 cm³/mol. The Labute approximate surface area is 117 Å². The molecule has 0 radical (unpaired) electrons. The molecule has 5 heteroatoms. The second-order valence-corrected chi connectivity index (χ2v) is 5.40. The molecule has 1 aromatic carbocycles. The Hall–Kier alpha value is -1.04. The quantitative estimate of drug-likeness (QED) is 0.850. The summed E-state index contributed by atoms with van der Waals surface area (Å²) in [7, 11) is 0. The molecular weight excluding hydrogens is 264 g/mol. The highest BCUT2D eigenvalue weighted by molar-refractivity contribution is 5.19. The lowest BCUT2D eigenvalue weighted by Gasteiger charge is -2.35.